The number of nitrogens with one attached hydrogen (secondary N) is 2. The summed E-state index contributed by atoms with van der Waals surface area (Å²) in [6.07, 6.45) is 0.0870. The summed E-state index contributed by atoms with van der Waals surface area (Å²) in [5.41, 5.74) is 2.56. The van der Waals surface area contributed by atoms with Crippen LogP contribution in [-0.2, 0) is 10.0 Å². The highest BCUT2D eigenvalue weighted by Crippen LogP contribution is 2.23. The number of sulfonamides is 1. The van der Waals surface area contributed by atoms with Crippen molar-refractivity contribution in [2.24, 2.45) is 0 Å². The Morgan fingerprint density at radius 3 is 1.94 bits per heavy atom. The Balaban J connectivity index is 1.70. The maximum Gasteiger partial charge on any atom is 0.251 e. The van der Waals surface area contributed by atoms with Crippen LogP contribution in [0, 0.1) is 11.3 Å². The van der Waals surface area contributed by atoms with E-state index in [9.17, 15) is 13.2 Å². The highest BCUT2D eigenvalue weighted by molar-refractivity contribution is 7.89. The van der Waals surface area contributed by atoms with E-state index in [4.69, 9.17) is 5.26 Å². The molecule has 3 aromatic carbocycles. The molecule has 0 aliphatic heterocycles. The van der Waals surface area contributed by atoms with E-state index in [-0.39, 0.29) is 29.7 Å². The van der Waals surface area contributed by atoms with E-state index in [1.165, 1.54) is 24.3 Å². The number of carbonyl (C=O) groups is 1. The predicted octanol–water partition coefficient (Wildman–Crippen LogP) is 3.44. The average Bonchev–Trinajstić information content (AvgIpc) is 2.81. The molecular formula is C24H23N3O3S. The second-order valence-electron chi connectivity index (χ2n) is 6.91. The van der Waals surface area contributed by atoms with Crippen LogP contribution in [0.1, 0.15) is 33.8 Å². The number of amides is 1. The highest BCUT2D eigenvalue weighted by atomic mass is 32.2. The minimum absolute atomic E-state index is 0.00432. The van der Waals surface area contributed by atoms with E-state index < -0.39 is 10.0 Å². The van der Waals surface area contributed by atoms with Crippen molar-refractivity contribution in [2.75, 3.05) is 13.1 Å². The fourth-order valence-corrected chi connectivity index (χ4v) is 4.24. The lowest BCUT2D eigenvalue weighted by atomic mass is 9.91. The van der Waals surface area contributed by atoms with Gasteiger partial charge >= 0.3 is 0 Å². The molecule has 0 heterocycles. The minimum atomic E-state index is -3.71. The van der Waals surface area contributed by atoms with Crippen molar-refractivity contribution in [3.05, 3.63) is 102 Å². The molecule has 0 saturated heterocycles. The van der Waals surface area contributed by atoms with Crippen LogP contribution in [0.4, 0.5) is 0 Å². The zero-order valence-corrected chi connectivity index (χ0v) is 17.7. The zero-order valence-electron chi connectivity index (χ0n) is 16.9. The number of carbonyl (C=O) groups excluding carboxylic acids is 1. The molecular weight excluding hydrogens is 410 g/mol. The summed E-state index contributed by atoms with van der Waals surface area (Å²) in [7, 11) is -3.71. The molecule has 158 valence electrons. The second kappa shape index (κ2) is 10.5. The number of hydrogen-bond donors (Lipinski definition) is 2. The normalized spacial score (nSPS) is 11.1. The molecule has 0 radical (unpaired) electrons. The summed E-state index contributed by atoms with van der Waals surface area (Å²) in [5.74, 6) is -0.284. The lowest BCUT2D eigenvalue weighted by Gasteiger charge is -2.19. The Labute approximate surface area is 182 Å². The van der Waals surface area contributed by atoms with Gasteiger partial charge in [-0.15, -0.1) is 0 Å². The van der Waals surface area contributed by atoms with Crippen molar-refractivity contribution >= 4 is 15.9 Å². The van der Waals surface area contributed by atoms with Crippen molar-refractivity contribution in [2.45, 2.75) is 17.2 Å². The molecule has 1 amide bonds. The Morgan fingerprint density at radius 2 is 1.42 bits per heavy atom. The van der Waals surface area contributed by atoms with E-state index >= 15 is 0 Å². The molecule has 0 saturated carbocycles. The Hall–Kier alpha value is -3.47. The van der Waals surface area contributed by atoms with Crippen LogP contribution in [0.25, 0.3) is 0 Å². The minimum Gasteiger partial charge on any atom is -0.351 e. The summed E-state index contributed by atoms with van der Waals surface area (Å²) in [5, 5.41) is 11.5. The second-order valence-corrected chi connectivity index (χ2v) is 8.68. The van der Waals surface area contributed by atoms with Crippen molar-refractivity contribution in [1.82, 2.24) is 10.0 Å². The fraction of sp³-hybridized carbons (Fsp3) is 0.167. The first-order chi connectivity index (χ1) is 15.0. The monoisotopic (exact) mass is 433 g/mol. The molecule has 6 nitrogen and oxygen atoms in total. The number of hydrogen-bond acceptors (Lipinski definition) is 4. The fourth-order valence-electron chi connectivity index (χ4n) is 3.21. The molecule has 2 N–H and O–H groups in total. The van der Waals surface area contributed by atoms with Crippen LogP contribution >= 0.6 is 0 Å². The molecule has 0 bridgehead atoms. The largest absolute Gasteiger partial charge is 0.351 e. The third-order valence-corrected chi connectivity index (χ3v) is 6.30. The molecule has 7 heteroatoms. The summed E-state index contributed by atoms with van der Waals surface area (Å²) < 4.78 is 26.7. The van der Waals surface area contributed by atoms with Gasteiger partial charge in [-0.1, -0.05) is 60.7 Å². The number of benzene rings is 3. The van der Waals surface area contributed by atoms with Gasteiger partial charge in [0.15, 0.2) is 0 Å². The zero-order chi connectivity index (χ0) is 22.1. The summed E-state index contributed by atoms with van der Waals surface area (Å²) in [4.78, 5) is 12.7. The molecule has 3 rings (SSSR count). The summed E-state index contributed by atoms with van der Waals surface area (Å²) in [6, 6.07) is 27.5. The average molecular weight is 434 g/mol. The van der Waals surface area contributed by atoms with Crippen LogP contribution in [0.2, 0.25) is 0 Å². The summed E-state index contributed by atoms with van der Waals surface area (Å²) in [6.45, 7) is 0.448. The Kier molecular flexibility index (Phi) is 7.55. The van der Waals surface area contributed by atoms with Gasteiger partial charge in [0, 0.05) is 31.0 Å². The van der Waals surface area contributed by atoms with Gasteiger partial charge in [0.1, 0.15) is 0 Å². The lowest BCUT2D eigenvalue weighted by molar-refractivity contribution is 0.0952. The first-order valence-electron chi connectivity index (χ1n) is 9.86. The number of nitriles is 1. The van der Waals surface area contributed by atoms with Crippen LogP contribution in [0.15, 0.2) is 89.8 Å². The van der Waals surface area contributed by atoms with Gasteiger partial charge in [0.2, 0.25) is 10.0 Å². The third-order valence-electron chi connectivity index (χ3n) is 4.83. The first kappa shape index (κ1) is 22.2. The van der Waals surface area contributed by atoms with E-state index in [2.05, 4.69) is 10.0 Å². The van der Waals surface area contributed by atoms with E-state index in [1.54, 1.807) is 0 Å². The van der Waals surface area contributed by atoms with Crippen LogP contribution in [0.5, 0.6) is 0 Å². The van der Waals surface area contributed by atoms with Gasteiger partial charge in [-0.3, -0.25) is 4.79 Å². The van der Waals surface area contributed by atoms with E-state index in [0.29, 0.717) is 12.1 Å². The van der Waals surface area contributed by atoms with Gasteiger partial charge in [0.05, 0.1) is 11.0 Å². The first-order valence-corrected chi connectivity index (χ1v) is 11.3. The van der Waals surface area contributed by atoms with Crippen LogP contribution in [0.3, 0.4) is 0 Å². The van der Waals surface area contributed by atoms with Crippen molar-refractivity contribution in [3.63, 3.8) is 0 Å². The topological polar surface area (TPSA) is 99.1 Å². The van der Waals surface area contributed by atoms with Crippen LogP contribution < -0.4 is 10.0 Å². The molecule has 31 heavy (non-hydrogen) atoms. The maximum atomic E-state index is 12.7. The maximum absolute atomic E-state index is 12.7. The summed E-state index contributed by atoms with van der Waals surface area (Å²) >= 11 is 0. The Bertz CT molecular complexity index is 1100. The van der Waals surface area contributed by atoms with Gasteiger partial charge in [-0.05, 0) is 35.4 Å². The quantitative estimate of drug-likeness (QED) is 0.505. The lowest BCUT2D eigenvalue weighted by Crippen LogP contribution is -2.29. The van der Waals surface area contributed by atoms with Crippen molar-refractivity contribution < 1.29 is 13.2 Å². The number of nitrogens with zero attached hydrogens (tertiary/aromatic N) is 1. The molecule has 0 aliphatic carbocycles. The molecule has 3 aromatic rings. The molecule has 0 aliphatic rings. The van der Waals surface area contributed by atoms with Crippen molar-refractivity contribution in [1.29, 1.82) is 5.26 Å². The molecule has 0 atom stereocenters. The molecule has 0 aromatic heterocycles. The highest BCUT2D eigenvalue weighted by Gasteiger charge is 2.17. The van der Waals surface area contributed by atoms with Gasteiger partial charge in [-0.25, -0.2) is 13.1 Å². The van der Waals surface area contributed by atoms with Crippen molar-refractivity contribution in [3.8, 4) is 6.07 Å². The smallest absolute Gasteiger partial charge is 0.251 e. The van der Waals surface area contributed by atoms with Gasteiger partial charge in [-0.2, -0.15) is 5.26 Å². The molecule has 0 fully saturated rings. The van der Waals surface area contributed by atoms with E-state index in [0.717, 1.165) is 11.1 Å². The Morgan fingerprint density at radius 1 is 0.871 bits per heavy atom. The van der Waals surface area contributed by atoms with Gasteiger partial charge < -0.3 is 5.32 Å². The van der Waals surface area contributed by atoms with E-state index in [1.807, 2.05) is 66.7 Å². The number of rotatable bonds is 9. The standard InChI is InChI=1S/C24H23N3O3S/c25-16-7-17-27-31(29,30)22-14-12-21(13-15-22)24(28)26-18-23(19-8-3-1-4-9-19)20-10-5-2-6-11-20/h1-6,8-15,23,27H,7,17-18H2,(H,26,28). The third kappa shape index (κ3) is 6.01. The molecule has 0 unspecified atom stereocenters. The molecule has 0 spiro atoms. The SMILES string of the molecule is N#CCCNS(=O)(=O)c1ccc(C(=O)NCC(c2ccccc2)c2ccccc2)cc1. The van der Waals surface area contributed by atoms with Gasteiger partial charge in [0.25, 0.3) is 5.91 Å². The van der Waals surface area contributed by atoms with Crippen LogP contribution in [-0.4, -0.2) is 27.4 Å². The predicted molar refractivity (Wildman–Crippen MR) is 119 cm³/mol.